The van der Waals surface area contributed by atoms with Gasteiger partial charge in [0.15, 0.2) is 17.5 Å². The van der Waals surface area contributed by atoms with Gasteiger partial charge in [-0.2, -0.15) is 5.10 Å². The molecule has 0 radical (unpaired) electrons. The normalized spacial score (nSPS) is 15.4. The maximum absolute atomic E-state index is 13.9. The van der Waals surface area contributed by atoms with Crippen LogP contribution in [0.25, 0.3) is 16.9 Å². The van der Waals surface area contributed by atoms with Crippen LogP contribution >= 0.6 is 0 Å². The van der Waals surface area contributed by atoms with Crippen molar-refractivity contribution in [3.63, 3.8) is 0 Å². The second kappa shape index (κ2) is 8.68. The molecular weight excluding hydrogens is 457 g/mol. The van der Waals surface area contributed by atoms with E-state index in [1.54, 1.807) is 16.6 Å². The lowest BCUT2D eigenvalue weighted by Gasteiger charge is -2.32. The average Bonchev–Trinajstić information content (AvgIpc) is 3.44. The zero-order chi connectivity index (χ0) is 24.9. The molecule has 2 aromatic heterocycles. The third-order valence-electron chi connectivity index (χ3n) is 6.34. The van der Waals surface area contributed by atoms with Gasteiger partial charge in [-0.3, -0.25) is 9.48 Å². The second-order valence-electron chi connectivity index (χ2n) is 8.47. The van der Waals surface area contributed by atoms with Crippen LogP contribution in [0.15, 0.2) is 42.5 Å². The predicted octanol–water partition coefficient (Wildman–Crippen LogP) is 4.41. The van der Waals surface area contributed by atoms with Crippen molar-refractivity contribution in [3.8, 4) is 16.9 Å². The molecule has 1 aliphatic heterocycles. The van der Waals surface area contributed by atoms with E-state index in [0.29, 0.717) is 36.6 Å². The van der Waals surface area contributed by atoms with E-state index < -0.39 is 23.5 Å². The third-order valence-corrected chi connectivity index (χ3v) is 6.34. The van der Waals surface area contributed by atoms with E-state index in [-0.39, 0.29) is 17.3 Å². The topological polar surface area (TPSA) is 68.8 Å². The summed E-state index contributed by atoms with van der Waals surface area (Å²) >= 11 is 0. The van der Waals surface area contributed by atoms with Gasteiger partial charge in [0.25, 0.3) is 5.91 Å². The summed E-state index contributed by atoms with van der Waals surface area (Å²) in [6.45, 7) is 4.14. The molecule has 1 aliphatic rings. The Bertz CT molecular complexity index is 1410. The lowest BCUT2D eigenvalue weighted by Crippen LogP contribution is -2.39. The van der Waals surface area contributed by atoms with Crippen LogP contribution in [0.4, 0.5) is 13.2 Å². The Kier molecular flexibility index (Phi) is 5.66. The van der Waals surface area contributed by atoms with Crippen LogP contribution < -0.4 is 0 Å². The number of amides is 1. The molecule has 7 nitrogen and oxygen atoms in total. The fraction of sp³-hybridized carbons (Fsp3) is 0.280. The molecule has 4 aromatic rings. The van der Waals surface area contributed by atoms with Gasteiger partial charge in [-0.05, 0) is 37.6 Å². The molecular formula is C25H23F3N6O. The maximum Gasteiger partial charge on any atom is 0.294 e. The van der Waals surface area contributed by atoms with Gasteiger partial charge in [0.2, 0.25) is 5.82 Å². The molecule has 0 fully saturated rings. The van der Waals surface area contributed by atoms with Gasteiger partial charge in [0.1, 0.15) is 5.82 Å². The largest absolute Gasteiger partial charge is 0.327 e. The lowest BCUT2D eigenvalue weighted by molar-refractivity contribution is 0.0661. The zero-order valence-corrected chi connectivity index (χ0v) is 19.5. The zero-order valence-electron chi connectivity index (χ0n) is 19.5. The van der Waals surface area contributed by atoms with Gasteiger partial charge in [0, 0.05) is 31.1 Å². The molecule has 1 atom stereocenters. The Morgan fingerprint density at radius 3 is 2.43 bits per heavy atom. The van der Waals surface area contributed by atoms with E-state index >= 15 is 0 Å². The van der Waals surface area contributed by atoms with Crippen LogP contribution in [-0.4, -0.2) is 41.9 Å². The summed E-state index contributed by atoms with van der Waals surface area (Å²) in [7, 11) is 1.66. The van der Waals surface area contributed by atoms with E-state index in [1.165, 1.54) is 4.68 Å². The van der Waals surface area contributed by atoms with Crippen LogP contribution in [0.2, 0.25) is 0 Å². The first-order chi connectivity index (χ1) is 16.8. The highest BCUT2D eigenvalue weighted by Crippen LogP contribution is 2.36. The van der Waals surface area contributed by atoms with E-state index in [4.69, 9.17) is 0 Å². The standard InChI is InChI=1S/C25H23F3N6O/c1-4-20-29-24(31-34(20)16-8-6-5-7-9-16)25(35)33-11-10-17-22(14(33)2)30-32(3)23(17)15-12-18(26)21(28)19(27)13-15/h5-9,12-14H,4,10-11H2,1-3H3/t14-/m0/s1. The summed E-state index contributed by atoms with van der Waals surface area (Å²) in [5, 5.41) is 9.03. The number of nitrogens with zero attached hydrogens (tertiary/aromatic N) is 6. The van der Waals surface area contributed by atoms with Crippen molar-refractivity contribution in [1.29, 1.82) is 0 Å². The van der Waals surface area contributed by atoms with Crippen LogP contribution in [0.3, 0.4) is 0 Å². The van der Waals surface area contributed by atoms with Crippen molar-refractivity contribution in [2.75, 3.05) is 6.54 Å². The highest BCUT2D eigenvalue weighted by Gasteiger charge is 2.35. The quantitative estimate of drug-likeness (QED) is 0.406. The lowest BCUT2D eigenvalue weighted by atomic mass is 9.95. The number of hydrogen-bond acceptors (Lipinski definition) is 4. The molecule has 0 saturated heterocycles. The molecule has 0 N–H and O–H groups in total. The molecule has 0 spiro atoms. The molecule has 0 unspecified atom stereocenters. The van der Waals surface area contributed by atoms with Crippen LogP contribution in [0.5, 0.6) is 0 Å². The molecule has 0 aliphatic carbocycles. The molecule has 3 heterocycles. The first-order valence-corrected chi connectivity index (χ1v) is 11.3. The van der Waals surface area contributed by atoms with Crippen molar-refractivity contribution in [2.24, 2.45) is 7.05 Å². The molecule has 10 heteroatoms. The average molecular weight is 480 g/mol. The predicted molar refractivity (Wildman–Crippen MR) is 122 cm³/mol. The van der Waals surface area contributed by atoms with Gasteiger partial charge in [0.05, 0.1) is 23.1 Å². The number of rotatable bonds is 4. The Labute approximate surface area is 199 Å². The number of fused-ring (bicyclic) bond motifs is 1. The van der Waals surface area contributed by atoms with Gasteiger partial charge in [-0.1, -0.05) is 25.1 Å². The number of halogens is 3. The third kappa shape index (κ3) is 3.78. The summed E-state index contributed by atoms with van der Waals surface area (Å²) in [4.78, 5) is 19.6. The Balaban J connectivity index is 1.48. The minimum Gasteiger partial charge on any atom is -0.327 e. The maximum atomic E-state index is 13.9. The summed E-state index contributed by atoms with van der Waals surface area (Å²) in [5.41, 5.74) is 2.90. The fourth-order valence-corrected chi connectivity index (χ4v) is 4.64. The monoisotopic (exact) mass is 480 g/mol. The number of aromatic nitrogens is 5. The Morgan fingerprint density at radius 2 is 1.77 bits per heavy atom. The smallest absolute Gasteiger partial charge is 0.294 e. The Morgan fingerprint density at radius 1 is 1.09 bits per heavy atom. The van der Waals surface area contributed by atoms with Crippen molar-refractivity contribution < 1.29 is 18.0 Å². The van der Waals surface area contributed by atoms with Crippen molar-refractivity contribution in [2.45, 2.75) is 32.7 Å². The van der Waals surface area contributed by atoms with Crippen LogP contribution in [0, 0.1) is 17.5 Å². The van der Waals surface area contributed by atoms with Gasteiger partial charge >= 0.3 is 0 Å². The van der Waals surface area contributed by atoms with Crippen molar-refractivity contribution in [3.05, 3.63) is 82.8 Å². The number of carbonyl (C=O) groups excluding carboxylic acids is 1. The summed E-state index contributed by atoms with van der Waals surface area (Å²) in [6.07, 6.45) is 1.01. The van der Waals surface area contributed by atoms with E-state index in [0.717, 1.165) is 23.4 Å². The first-order valence-electron chi connectivity index (χ1n) is 11.3. The van der Waals surface area contributed by atoms with Crippen LogP contribution in [-0.2, 0) is 19.9 Å². The van der Waals surface area contributed by atoms with Gasteiger partial charge in [-0.25, -0.2) is 22.8 Å². The van der Waals surface area contributed by atoms with Crippen LogP contribution in [0.1, 0.15) is 47.6 Å². The first kappa shape index (κ1) is 22.8. The Hall–Kier alpha value is -3.95. The van der Waals surface area contributed by atoms with Crippen molar-refractivity contribution >= 4 is 5.91 Å². The highest BCUT2D eigenvalue weighted by atomic mass is 19.2. The summed E-state index contributed by atoms with van der Waals surface area (Å²) < 4.78 is 44.5. The number of hydrogen-bond donors (Lipinski definition) is 0. The van der Waals surface area contributed by atoms with Crippen molar-refractivity contribution in [1.82, 2.24) is 29.4 Å². The molecule has 0 saturated carbocycles. The van der Waals surface area contributed by atoms with E-state index in [2.05, 4.69) is 15.2 Å². The molecule has 5 rings (SSSR count). The van der Waals surface area contributed by atoms with Gasteiger partial charge < -0.3 is 4.90 Å². The minimum atomic E-state index is -1.51. The number of carbonyl (C=O) groups is 1. The molecule has 1 amide bonds. The number of para-hydroxylation sites is 1. The summed E-state index contributed by atoms with van der Waals surface area (Å²) in [5.74, 6) is -3.59. The molecule has 35 heavy (non-hydrogen) atoms. The van der Waals surface area contributed by atoms with Gasteiger partial charge in [-0.15, -0.1) is 5.10 Å². The minimum absolute atomic E-state index is 0.0971. The number of benzene rings is 2. The molecule has 0 bridgehead atoms. The fourth-order valence-electron chi connectivity index (χ4n) is 4.64. The SMILES string of the molecule is CCc1nc(C(=O)N2CCc3c(nn(C)c3-c3cc(F)c(F)c(F)c3)[C@@H]2C)nn1-c1ccccc1. The van der Waals surface area contributed by atoms with E-state index in [1.807, 2.05) is 44.2 Å². The summed E-state index contributed by atoms with van der Waals surface area (Å²) in [6, 6.07) is 11.0. The highest BCUT2D eigenvalue weighted by molar-refractivity contribution is 5.91. The molecule has 180 valence electrons. The van der Waals surface area contributed by atoms with E-state index in [9.17, 15) is 18.0 Å². The second-order valence-corrected chi connectivity index (χ2v) is 8.47. The molecule has 2 aromatic carbocycles. The number of aryl methyl sites for hydroxylation is 2.